The summed E-state index contributed by atoms with van der Waals surface area (Å²) in [5.41, 5.74) is 0.255. The van der Waals surface area contributed by atoms with Crippen LogP contribution in [0.15, 0.2) is 12.1 Å². The number of hydrogen-bond acceptors (Lipinski definition) is 3. The van der Waals surface area contributed by atoms with Crippen LogP contribution in [-0.2, 0) is 0 Å². The van der Waals surface area contributed by atoms with Gasteiger partial charge >= 0.3 is 0 Å². The number of benzene rings is 1. The summed E-state index contributed by atoms with van der Waals surface area (Å²) in [6.45, 7) is 0. The Labute approximate surface area is 125 Å². The number of rotatable bonds is 3. The van der Waals surface area contributed by atoms with Crippen molar-refractivity contribution in [1.29, 1.82) is 0 Å². The molecular formula is C13H16FIN2O2. The van der Waals surface area contributed by atoms with Gasteiger partial charge in [-0.2, -0.15) is 0 Å². The van der Waals surface area contributed by atoms with Crippen molar-refractivity contribution in [1.82, 2.24) is 0 Å². The molecule has 0 heterocycles. The summed E-state index contributed by atoms with van der Waals surface area (Å²) < 4.78 is 13.9. The summed E-state index contributed by atoms with van der Waals surface area (Å²) >= 11 is 1.77. The lowest BCUT2D eigenvalue weighted by molar-refractivity contribution is -0.384. The number of nitrogens with one attached hydrogen (secondary N) is 1. The van der Waals surface area contributed by atoms with Crippen LogP contribution in [0.3, 0.4) is 0 Å². The van der Waals surface area contributed by atoms with E-state index in [1.807, 2.05) is 0 Å². The van der Waals surface area contributed by atoms with Gasteiger partial charge in [-0.1, -0.05) is 25.7 Å². The zero-order valence-electron chi connectivity index (χ0n) is 10.5. The molecular weight excluding hydrogens is 362 g/mol. The third-order valence-electron chi connectivity index (χ3n) is 3.45. The number of nitro groups is 1. The molecule has 1 aliphatic carbocycles. The van der Waals surface area contributed by atoms with Crippen molar-refractivity contribution < 1.29 is 9.31 Å². The van der Waals surface area contributed by atoms with Crippen LogP contribution in [-0.4, -0.2) is 11.0 Å². The maximum absolute atomic E-state index is 13.6. The Balaban J connectivity index is 2.22. The van der Waals surface area contributed by atoms with E-state index >= 15 is 0 Å². The minimum Gasteiger partial charge on any atom is -0.377 e. The van der Waals surface area contributed by atoms with Crippen LogP contribution in [0.4, 0.5) is 15.8 Å². The maximum Gasteiger partial charge on any atom is 0.293 e. The molecule has 1 fully saturated rings. The average molecular weight is 378 g/mol. The van der Waals surface area contributed by atoms with Crippen molar-refractivity contribution in [3.8, 4) is 0 Å². The third kappa shape index (κ3) is 3.77. The lowest BCUT2D eigenvalue weighted by atomic mass is 10.1. The fourth-order valence-electron chi connectivity index (χ4n) is 2.45. The molecule has 0 aromatic heterocycles. The fraction of sp³-hybridized carbons (Fsp3) is 0.538. The van der Waals surface area contributed by atoms with E-state index in [0.29, 0.717) is 5.69 Å². The summed E-state index contributed by atoms with van der Waals surface area (Å²) in [4.78, 5) is 10.6. The largest absolute Gasteiger partial charge is 0.377 e. The molecule has 19 heavy (non-hydrogen) atoms. The zero-order valence-corrected chi connectivity index (χ0v) is 12.7. The fourth-order valence-corrected chi connectivity index (χ4v) is 2.90. The first-order valence-corrected chi connectivity index (χ1v) is 7.56. The molecule has 4 nitrogen and oxygen atoms in total. The van der Waals surface area contributed by atoms with E-state index in [0.717, 1.165) is 25.7 Å². The summed E-state index contributed by atoms with van der Waals surface area (Å²) in [6.07, 6.45) is 6.65. The van der Waals surface area contributed by atoms with Gasteiger partial charge in [-0.05, 0) is 35.4 Å². The molecule has 0 atom stereocenters. The molecule has 1 saturated carbocycles. The number of nitrogens with zero attached hydrogens (tertiary/aromatic N) is 1. The standard InChI is InChI=1S/C13H16FIN2O2/c14-10-7-12(13(17(18)19)8-11(10)15)16-9-5-3-1-2-4-6-9/h7-9,16H,1-6H2. The Morgan fingerprint density at radius 2 is 1.89 bits per heavy atom. The van der Waals surface area contributed by atoms with Crippen LogP contribution in [0.1, 0.15) is 38.5 Å². The molecule has 1 N–H and O–H groups in total. The van der Waals surface area contributed by atoms with Gasteiger partial charge < -0.3 is 5.32 Å². The Morgan fingerprint density at radius 3 is 2.47 bits per heavy atom. The Morgan fingerprint density at radius 1 is 1.26 bits per heavy atom. The van der Waals surface area contributed by atoms with E-state index in [-0.39, 0.29) is 15.3 Å². The smallest absolute Gasteiger partial charge is 0.293 e. The highest BCUT2D eigenvalue weighted by atomic mass is 127. The number of hydrogen-bond donors (Lipinski definition) is 1. The molecule has 0 radical (unpaired) electrons. The van der Waals surface area contributed by atoms with Crippen molar-refractivity contribution in [2.45, 2.75) is 44.6 Å². The molecule has 1 aromatic carbocycles. The van der Waals surface area contributed by atoms with Crippen molar-refractivity contribution >= 4 is 34.0 Å². The molecule has 1 aromatic rings. The van der Waals surface area contributed by atoms with Gasteiger partial charge in [-0.3, -0.25) is 10.1 Å². The second-order valence-electron chi connectivity index (χ2n) is 4.87. The quantitative estimate of drug-likeness (QED) is 0.365. The highest BCUT2D eigenvalue weighted by Gasteiger charge is 2.20. The van der Waals surface area contributed by atoms with E-state index in [1.165, 1.54) is 25.0 Å². The van der Waals surface area contributed by atoms with E-state index in [1.54, 1.807) is 22.6 Å². The molecule has 0 unspecified atom stereocenters. The van der Waals surface area contributed by atoms with E-state index in [4.69, 9.17) is 0 Å². The van der Waals surface area contributed by atoms with Crippen molar-refractivity contribution in [2.24, 2.45) is 0 Å². The maximum atomic E-state index is 13.6. The van der Waals surface area contributed by atoms with Gasteiger partial charge in [-0.25, -0.2) is 4.39 Å². The van der Waals surface area contributed by atoms with Crippen molar-refractivity contribution in [3.05, 3.63) is 31.6 Å². The average Bonchev–Trinajstić information content (AvgIpc) is 2.62. The predicted molar refractivity (Wildman–Crippen MR) is 80.9 cm³/mol. The molecule has 0 bridgehead atoms. The van der Waals surface area contributed by atoms with Crippen molar-refractivity contribution in [2.75, 3.05) is 5.32 Å². The van der Waals surface area contributed by atoms with Gasteiger partial charge in [0.2, 0.25) is 0 Å². The van der Waals surface area contributed by atoms with Crippen LogP contribution in [0.25, 0.3) is 0 Å². The SMILES string of the molecule is O=[N+]([O-])c1cc(I)c(F)cc1NC1CCCCCC1. The highest BCUT2D eigenvalue weighted by Crippen LogP contribution is 2.31. The number of halogens is 2. The monoisotopic (exact) mass is 378 g/mol. The summed E-state index contributed by atoms with van der Waals surface area (Å²) in [5, 5.41) is 14.2. The predicted octanol–water partition coefficient (Wildman–Crippen LogP) is 4.47. The first kappa shape index (κ1) is 14.5. The van der Waals surface area contributed by atoms with Gasteiger partial charge in [0.1, 0.15) is 11.5 Å². The van der Waals surface area contributed by atoms with E-state index in [2.05, 4.69) is 5.32 Å². The second-order valence-corrected chi connectivity index (χ2v) is 6.04. The molecule has 0 aliphatic heterocycles. The second kappa shape index (κ2) is 6.49. The highest BCUT2D eigenvalue weighted by molar-refractivity contribution is 14.1. The summed E-state index contributed by atoms with van der Waals surface area (Å²) in [7, 11) is 0. The van der Waals surface area contributed by atoms with Crippen LogP contribution in [0.5, 0.6) is 0 Å². The van der Waals surface area contributed by atoms with E-state index in [9.17, 15) is 14.5 Å². The molecule has 2 rings (SSSR count). The van der Waals surface area contributed by atoms with Crippen LogP contribution in [0.2, 0.25) is 0 Å². The normalized spacial score (nSPS) is 16.9. The molecule has 1 aliphatic rings. The van der Waals surface area contributed by atoms with Gasteiger partial charge in [-0.15, -0.1) is 0 Å². The number of anilines is 1. The molecule has 6 heteroatoms. The Bertz CT molecular complexity index is 474. The van der Waals surface area contributed by atoms with E-state index < -0.39 is 10.7 Å². The topological polar surface area (TPSA) is 55.2 Å². The molecule has 0 amide bonds. The van der Waals surface area contributed by atoms with Crippen molar-refractivity contribution in [3.63, 3.8) is 0 Å². The lowest BCUT2D eigenvalue weighted by Gasteiger charge is -2.17. The first-order chi connectivity index (χ1) is 9.08. The van der Waals surface area contributed by atoms with Gasteiger partial charge in [0.05, 0.1) is 8.49 Å². The van der Waals surface area contributed by atoms with Gasteiger partial charge in [0, 0.05) is 18.2 Å². The zero-order chi connectivity index (χ0) is 13.8. The molecule has 0 spiro atoms. The molecule has 0 saturated heterocycles. The first-order valence-electron chi connectivity index (χ1n) is 6.48. The van der Waals surface area contributed by atoms with Crippen LogP contribution >= 0.6 is 22.6 Å². The lowest BCUT2D eigenvalue weighted by Crippen LogP contribution is -2.19. The number of nitro benzene ring substituents is 1. The molecule has 104 valence electrons. The Kier molecular flexibility index (Phi) is 4.95. The Hall–Kier alpha value is -0.920. The minimum atomic E-state index is -0.458. The van der Waals surface area contributed by atoms with Gasteiger partial charge in [0.15, 0.2) is 0 Å². The van der Waals surface area contributed by atoms with Crippen LogP contribution < -0.4 is 5.32 Å². The third-order valence-corrected chi connectivity index (χ3v) is 4.28. The minimum absolute atomic E-state index is 0.0463. The summed E-state index contributed by atoms with van der Waals surface area (Å²) in [5.74, 6) is -0.415. The summed E-state index contributed by atoms with van der Waals surface area (Å²) in [6, 6.07) is 2.74. The van der Waals surface area contributed by atoms with Crippen LogP contribution in [0, 0.1) is 19.5 Å². The van der Waals surface area contributed by atoms with Gasteiger partial charge in [0.25, 0.3) is 5.69 Å².